The number of hydrogen-bond acceptors (Lipinski definition) is 2. The Labute approximate surface area is 118 Å². The predicted octanol–water partition coefficient (Wildman–Crippen LogP) is 3.36. The molecular weight excluding hydrogens is 232 g/mol. The molecule has 0 saturated carbocycles. The molecule has 0 aliphatic carbocycles. The monoisotopic (exact) mass is 260 g/mol. The second-order valence-electron chi connectivity index (χ2n) is 6.81. The maximum atomic E-state index is 3.82. The number of nitrogens with one attached hydrogen (secondary N) is 2. The smallest absolute Gasteiger partial charge is 0.0369 e. The van der Waals surface area contributed by atoms with Crippen LogP contribution in [0.25, 0.3) is 0 Å². The first-order valence-corrected chi connectivity index (χ1v) is 7.56. The third-order valence-corrected chi connectivity index (χ3v) is 4.07. The fourth-order valence-corrected chi connectivity index (χ4v) is 2.94. The lowest BCUT2D eigenvalue weighted by Crippen LogP contribution is -2.38. The zero-order chi connectivity index (χ0) is 13.7. The average Bonchev–Trinajstić information content (AvgIpc) is 2.40. The van der Waals surface area contributed by atoms with Gasteiger partial charge in [-0.15, -0.1) is 0 Å². The molecule has 106 valence electrons. The van der Waals surface area contributed by atoms with Gasteiger partial charge in [-0.25, -0.2) is 0 Å². The summed E-state index contributed by atoms with van der Waals surface area (Å²) < 4.78 is 0. The summed E-state index contributed by atoms with van der Waals surface area (Å²) in [5, 5.41) is 7.25. The van der Waals surface area contributed by atoms with Gasteiger partial charge < -0.3 is 10.6 Å². The molecule has 1 heterocycles. The third kappa shape index (κ3) is 4.32. The van der Waals surface area contributed by atoms with E-state index in [0.717, 1.165) is 12.5 Å². The van der Waals surface area contributed by atoms with E-state index < -0.39 is 0 Å². The summed E-state index contributed by atoms with van der Waals surface area (Å²) in [6, 6.07) is 11.3. The van der Waals surface area contributed by atoms with Crippen molar-refractivity contribution in [2.24, 2.45) is 11.3 Å². The number of benzene rings is 1. The van der Waals surface area contributed by atoms with Gasteiger partial charge >= 0.3 is 0 Å². The van der Waals surface area contributed by atoms with Gasteiger partial charge in [-0.2, -0.15) is 0 Å². The van der Waals surface area contributed by atoms with Crippen molar-refractivity contribution in [2.75, 3.05) is 19.6 Å². The molecular formula is C17H28N2. The highest BCUT2D eigenvalue weighted by atomic mass is 14.9. The Hall–Kier alpha value is -0.860. The molecule has 19 heavy (non-hydrogen) atoms. The highest BCUT2D eigenvalue weighted by Gasteiger charge is 2.26. The number of rotatable bonds is 4. The van der Waals surface area contributed by atoms with Crippen molar-refractivity contribution >= 4 is 0 Å². The normalized spacial score (nSPS) is 19.3. The fourth-order valence-electron chi connectivity index (χ4n) is 2.94. The molecule has 2 rings (SSSR count). The van der Waals surface area contributed by atoms with Crippen molar-refractivity contribution in [2.45, 2.75) is 39.7 Å². The van der Waals surface area contributed by atoms with E-state index in [1.165, 1.54) is 31.5 Å². The van der Waals surface area contributed by atoms with Gasteiger partial charge in [-0.1, -0.05) is 51.1 Å². The summed E-state index contributed by atoms with van der Waals surface area (Å²) in [4.78, 5) is 0. The van der Waals surface area contributed by atoms with Crippen LogP contribution >= 0.6 is 0 Å². The van der Waals surface area contributed by atoms with E-state index in [-0.39, 0.29) is 5.41 Å². The van der Waals surface area contributed by atoms with E-state index >= 15 is 0 Å². The van der Waals surface area contributed by atoms with Gasteiger partial charge in [0, 0.05) is 6.04 Å². The Morgan fingerprint density at radius 1 is 1.16 bits per heavy atom. The Morgan fingerprint density at radius 3 is 2.37 bits per heavy atom. The Kier molecular flexibility index (Phi) is 5.00. The van der Waals surface area contributed by atoms with Crippen LogP contribution in [0.5, 0.6) is 0 Å². The predicted molar refractivity (Wildman–Crippen MR) is 82.2 cm³/mol. The maximum Gasteiger partial charge on any atom is 0.0369 e. The van der Waals surface area contributed by atoms with E-state index in [2.05, 4.69) is 61.7 Å². The lowest BCUT2D eigenvalue weighted by Gasteiger charge is -2.34. The van der Waals surface area contributed by atoms with Crippen molar-refractivity contribution in [3.05, 3.63) is 35.9 Å². The Bertz CT molecular complexity index is 361. The van der Waals surface area contributed by atoms with Crippen LogP contribution in [0.15, 0.2) is 30.3 Å². The lowest BCUT2D eigenvalue weighted by atomic mass is 9.82. The first-order chi connectivity index (χ1) is 9.07. The zero-order valence-electron chi connectivity index (χ0n) is 12.6. The van der Waals surface area contributed by atoms with Gasteiger partial charge in [0.15, 0.2) is 0 Å². The minimum atomic E-state index is 0.244. The Balaban J connectivity index is 1.99. The second kappa shape index (κ2) is 6.53. The Morgan fingerprint density at radius 2 is 1.79 bits per heavy atom. The van der Waals surface area contributed by atoms with Crippen molar-refractivity contribution in [3.63, 3.8) is 0 Å². The molecule has 2 nitrogen and oxygen atoms in total. The molecule has 1 aliphatic rings. The highest BCUT2D eigenvalue weighted by molar-refractivity contribution is 5.20. The van der Waals surface area contributed by atoms with Gasteiger partial charge in [0.25, 0.3) is 0 Å². The topological polar surface area (TPSA) is 24.1 Å². The summed E-state index contributed by atoms with van der Waals surface area (Å²) in [6.07, 6.45) is 2.61. The minimum absolute atomic E-state index is 0.244. The fraction of sp³-hybridized carbons (Fsp3) is 0.647. The number of hydrogen-bond donors (Lipinski definition) is 2. The summed E-state index contributed by atoms with van der Waals surface area (Å²) >= 11 is 0. The molecule has 1 aliphatic heterocycles. The van der Waals surface area contributed by atoms with Crippen LogP contribution in [0.2, 0.25) is 0 Å². The summed E-state index contributed by atoms with van der Waals surface area (Å²) in [5.41, 5.74) is 1.65. The van der Waals surface area contributed by atoms with Crippen LogP contribution in [-0.4, -0.2) is 19.6 Å². The summed E-state index contributed by atoms with van der Waals surface area (Å²) in [5.74, 6) is 0.829. The lowest BCUT2D eigenvalue weighted by molar-refractivity contribution is 0.246. The van der Waals surface area contributed by atoms with Crippen LogP contribution < -0.4 is 10.6 Å². The largest absolute Gasteiger partial charge is 0.317 e. The first-order valence-electron chi connectivity index (χ1n) is 7.56. The van der Waals surface area contributed by atoms with Gasteiger partial charge in [-0.05, 0) is 49.4 Å². The van der Waals surface area contributed by atoms with Crippen LogP contribution in [0.1, 0.15) is 45.2 Å². The van der Waals surface area contributed by atoms with Crippen LogP contribution in [0, 0.1) is 11.3 Å². The van der Waals surface area contributed by atoms with E-state index in [1.54, 1.807) is 0 Å². The molecule has 0 radical (unpaired) electrons. The van der Waals surface area contributed by atoms with Gasteiger partial charge in [0.2, 0.25) is 0 Å². The average molecular weight is 260 g/mol. The van der Waals surface area contributed by atoms with Crippen LogP contribution in [0.3, 0.4) is 0 Å². The molecule has 2 N–H and O–H groups in total. The molecule has 1 atom stereocenters. The molecule has 1 unspecified atom stereocenters. The van der Waals surface area contributed by atoms with Crippen LogP contribution in [-0.2, 0) is 0 Å². The number of piperidine rings is 1. The summed E-state index contributed by atoms with van der Waals surface area (Å²) in [7, 11) is 0. The highest BCUT2D eigenvalue weighted by Crippen LogP contribution is 2.32. The first kappa shape index (κ1) is 14.5. The van der Waals surface area contributed by atoms with Gasteiger partial charge in [0.1, 0.15) is 0 Å². The molecule has 0 aromatic heterocycles. The molecule has 1 aromatic rings. The minimum Gasteiger partial charge on any atom is -0.317 e. The molecule has 0 amide bonds. The van der Waals surface area contributed by atoms with Gasteiger partial charge in [-0.3, -0.25) is 0 Å². The van der Waals surface area contributed by atoms with Crippen molar-refractivity contribution in [1.82, 2.24) is 10.6 Å². The quantitative estimate of drug-likeness (QED) is 0.867. The van der Waals surface area contributed by atoms with E-state index in [9.17, 15) is 0 Å². The third-order valence-electron chi connectivity index (χ3n) is 4.07. The second-order valence-corrected chi connectivity index (χ2v) is 6.81. The van der Waals surface area contributed by atoms with E-state index in [4.69, 9.17) is 0 Å². The molecule has 0 bridgehead atoms. The molecule has 1 fully saturated rings. The zero-order valence-corrected chi connectivity index (χ0v) is 12.6. The molecule has 0 spiro atoms. The van der Waals surface area contributed by atoms with Crippen molar-refractivity contribution in [1.29, 1.82) is 0 Å². The standard InChI is InChI=1S/C17H28N2/c1-17(2,3)16(15-7-5-4-6-8-15)19-13-14-9-11-18-12-10-14/h4-8,14,16,18-19H,9-13H2,1-3H3. The molecule has 1 aromatic carbocycles. The van der Waals surface area contributed by atoms with Crippen molar-refractivity contribution in [3.8, 4) is 0 Å². The van der Waals surface area contributed by atoms with Crippen LogP contribution in [0.4, 0.5) is 0 Å². The van der Waals surface area contributed by atoms with E-state index in [0.29, 0.717) is 6.04 Å². The SMILES string of the molecule is CC(C)(C)C(NCC1CCNCC1)c1ccccc1. The van der Waals surface area contributed by atoms with Gasteiger partial charge in [0.05, 0.1) is 0 Å². The summed E-state index contributed by atoms with van der Waals surface area (Å²) in [6.45, 7) is 10.5. The maximum absolute atomic E-state index is 3.82. The molecule has 2 heteroatoms. The van der Waals surface area contributed by atoms with E-state index in [1.807, 2.05) is 0 Å². The molecule has 1 saturated heterocycles. The van der Waals surface area contributed by atoms with Crippen molar-refractivity contribution < 1.29 is 0 Å².